The van der Waals surface area contributed by atoms with Gasteiger partial charge in [0.1, 0.15) is 0 Å². The molecule has 0 rings (SSSR count). The number of aliphatic hydroxyl groups is 1. The minimum Gasteiger partial charge on any atom is -0.391 e. The molecular weight excluding hydrogens is 162 g/mol. The molecule has 0 bridgehead atoms. The van der Waals surface area contributed by atoms with Crippen LogP contribution in [0.1, 0.15) is 13.8 Å². The number of hydrogen-bond acceptors (Lipinski definition) is 3. The maximum absolute atomic E-state index is 10.6. The molecule has 0 heterocycles. The van der Waals surface area contributed by atoms with E-state index in [1.807, 2.05) is 13.8 Å². The third-order valence-electron chi connectivity index (χ3n) is 1.19. The van der Waals surface area contributed by atoms with E-state index in [1.165, 1.54) is 0 Å². The predicted molar refractivity (Wildman–Crippen MR) is 48.1 cm³/mol. The van der Waals surface area contributed by atoms with Gasteiger partial charge < -0.3 is 10.4 Å². The van der Waals surface area contributed by atoms with Gasteiger partial charge in [0.2, 0.25) is 0 Å². The van der Waals surface area contributed by atoms with Gasteiger partial charge in [-0.2, -0.15) is 0 Å². The fourth-order valence-corrected chi connectivity index (χ4v) is 1.36. The summed E-state index contributed by atoms with van der Waals surface area (Å²) >= 11 is 0. The lowest BCUT2D eigenvalue weighted by Crippen LogP contribution is -2.34. The second kappa shape index (κ2) is 5.69. The minimum atomic E-state index is -0.900. The molecule has 0 aromatic carbocycles. The monoisotopic (exact) mass is 179 g/mol. The molecular formula is C7H17NO2S. The molecule has 2 unspecified atom stereocenters. The Bertz CT molecular complexity index is 128. The van der Waals surface area contributed by atoms with Crippen LogP contribution in [-0.4, -0.2) is 40.0 Å². The van der Waals surface area contributed by atoms with Crippen molar-refractivity contribution in [3.05, 3.63) is 0 Å². The van der Waals surface area contributed by atoms with E-state index >= 15 is 0 Å². The van der Waals surface area contributed by atoms with Gasteiger partial charge in [-0.1, -0.05) is 13.8 Å². The van der Waals surface area contributed by atoms with E-state index in [-0.39, 0.29) is 0 Å². The average molecular weight is 179 g/mol. The van der Waals surface area contributed by atoms with Crippen LogP contribution in [0.3, 0.4) is 0 Å². The molecule has 2 N–H and O–H groups in total. The molecule has 3 nitrogen and oxygen atoms in total. The number of aliphatic hydroxyl groups excluding tert-OH is 1. The summed E-state index contributed by atoms with van der Waals surface area (Å²) in [5.74, 6) is 0.361. The van der Waals surface area contributed by atoms with Crippen molar-refractivity contribution >= 4 is 10.8 Å². The summed E-state index contributed by atoms with van der Waals surface area (Å²) in [6.45, 7) is 4.54. The van der Waals surface area contributed by atoms with Gasteiger partial charge in [-0.3, -0.25) is 4.21 Å². The molecule has 11 heavy (non-hydrogen) atoms. The van der Waals surface area contributed by atoms with Gasteiger partial charge in [0, 0.05) is 29.6 Å². The molecule has 0 aromatic rings. The molecule has 0 amide bonds. The largest absolute Gasteiger partial charge is 0.391 e. The van der Waals surface area contributed by atoms with Gasteiger partial charge in [-0.05, 0) is 0 Å². The Morgan fingerprint density at radius 2 is 2.09 bits per heavy atom. The summed E-state index contributed by atoms with van der Waals surface area (Å²) in [6, 6.07) is 0.370. The Morgan fingerprint density at radius 3 is 2.45 bits per heavy atom. The van der Waals surface area contributed by atoms with Crippen LogP contribution in [0.5, 0.6) is 0 Å². The molecule has 0 fully saturated rings. The van der Waals surface area contributed by atoms with Gasteiger partial charge in [0.25, 0.3) is 0 Å². The van der Waals surface area contributed by atoms with Crippen molar-refractivity contribution in [3.8, 4) is 0 Å². The first kappa shape index (κ1) is 11.1. The van der Waals surface area contributed by atoms with Gasteiger partial charge in [-0.25, -0.2) is 0 Å². The molecule has 0 aromatic heterocycles. The van der Waals surface area contributed by atoms with Crippen molar-refractivity contribution in [2.24, 2.45) is 0 Å². The lowest BCUT2D eigenvalue weighted by Gasteiger charge is -2.12. The lowest BCUT2D eigenvalue weighted by atomic mass is 10.3. The summed E-state index contributed by atoms with van der Waals surface area (Å²) in [7, 11) is -0.900. The lowest BCUT2D eigenvalue weighted by molar-refractivity contribution is 0.191. The zero-order chi connectivity index (χ0) is 8.85. The molecule has 2 atom stereocenters. The average Bonchev–Trinajstić information content (AvgIpc) is 1.82. The Morgan fingerprint density at radius 1 is 1.55 bits per heavy atom. The van der Waals surface area contributed by atoms with E-state index in [0.29, 0.717) is 18.3 Å². The van der Waals surface area contributed by atoms with Gasteiger partial charge in [0.15, 0.2) is 0 Å². The van der Waals surface area contributed by atoms with Crippen molar-refractivity contribution in [1.29, 1.82) is 0 Å². The molecule has 4 heteroatoms. The van der Waals surface area contributed by atoms with E-state index in [0.717, 1.165) is 0 Å². The quantitative estimate of drug-likeness (QED) is 0.610. The summed E-state index contributed by atoms with van der Waals surface area (Å²) in [4.78, 5) is 0. The van der Waals surface area contributed by atoms with E-state index in [1.54, 1.807) is 6.26 Å². The Kier molecular flexibility index (Phi) is 5.72. The highest BCUT2D eigenvalue weighted by Gasteiger charge is 2.05. The summed E-state index contributed by atoms with van der Waals surface area (Å²) in [6.07, 6.45) is 1.11. The van der Waals surface area contributed by atoms with Gasteiger partial charge in [0.05, 0.1) is 11.9 Å². The zero-order valence-corrected chi connectivity index (χ0v) is 8.15. The Hall–Kier alpha value is 0.0700. The van der Waals surface area contributed by atoms with Crippen LogP contribution in [0.25, 0.3) is 0 Å². The Balaban J connectivity index is 3.37. The van der Waals surface area contributed by atoms with E-state index in [2.05, 4.69) is 5.32 Å². The second-order valence-corrected chi connectivity index (χ2v) is 4.44. The summed E-state index contributed by atoms with van der Waals surface area (Å²) in [5.41, 5.74) is 0. The molecule has 0 aliphatic heterocycles. The molecule has 0 spiro atoms. The molecule has 0 aliphatic carbocycles. The zero-order valence-electron chi connectivity index (χ0n) is 7.33. The number of hydrogen-bond donors (Lipinski definition) is 2. The standard InChI is InChI=1S/C7H17NO2S/c1-6(2)8-4-7(9)5-11(3)10/h6-9H,4-5H2,1-3H3. The molecule has 0 saturated heterocycles. The third-order valence-corrected chi connectivity index (χ3v) is 2.04. The van der Waals surface area contributed by atoms with Gasteiger partial charge in [-0.15, -0.1) is 0 Å². The van der Waals surface area contributed by atoms with Crippen molar-refractivity contribution in [1.82, 2.24) is 5.32 Å². The molecule has 68 valence electrons. The highest BCUT2D eigenvalue weighted by atomic mass is 32.2. The van der Waals surface area contributed by atoms with Crippen LogP contribution in [0.2, 0.25) is 0 Å². The van der Waals surface area contributed by atoms with Gasteiger partial charge >= 0.3 is 0 Å². The molecule has 0 radical (unpaired) electrons. The van der Waals surface area contributed by atoms with Crippen LogP contribution in [0.4, 0.5) is 0 Å². The number of rotatable bonds is 5. The van der Waals surface area contributed by atoms with Crippen LogP contribution in [-0.2, 0) is 10.8 Å². The smallest absolute Gasteiger partial charge is 0.0779 e. The summed E-state index contributed by atoms with van der Waals surface area (Å²) < 4.78 is 10.6. The third kappa shape index (κ3) is 7.97. The first-order chi connectivity index (χ1) is 5.02. The fourth-order valence-electron chi connectivity index (χ4n) is 0.702. The van der Waals surface area contributed by atoms with Crippen LogP contribution in [0, 0.1) is 0 Å². The molecule has 0 saturated carbocycles. The normalized spacial score (nSPS) is 16.8. The minimum absolute atomic E-state index is 0.361. The highest BCUT2D eigenvalue weighted by Crippen LogP contribution is 1.86. The highest BCUT2D eigenvalue weighted by molar-refractivity contribution is 7.84. The first-order valence-electron chi connectivity index (χ1n) is 3.74. The van der Waals surface area contributed by atoms with Crippen molar-refractivity contribution in [2.45, 2.75) is 26.0 Å². The van der Waals surface area contributed by atoms with Crippen LogP contribution < -0.4 is 5.32 Å². The SMILES string of the molecule is CC(C)NCC(O)CS(C)=O. The Labute approximate surface area is 70.6 Å². The van der Waals surface area contributed by atoms with E-state index < -0.39 is 16.9 Å². The first-order valence-corrected chi connectivity index (χ1v) is 5.46. The van der Waals surface area contributed by atoms with E-state index in [4.69, 9.17) is 0 Å². The maximum atomic E-state index is 10.6. The van der Waals surface area contributed by atoms with Crippen molar-refractivity contribution < 1.29 is 9.32 Å². The maximum Gasteiger partial charge on any atom is 0.0779 e. The van der Waals surface area contributed by atoms with Crippen LogP contribution >= 0.6 is 0 Å². The molecule has 0 aliphatic rings. The van der Waals surface area contributed by atoms with E-state index in [9.17, 15) is 9.32 Å². The number of nitrogens with one attached hydrogen (secondary N) is 1. The second-order valence-electron chi connectivity index (χ2n) is 2.96. The van der Waals surface area contributed by atoms with Crippen LogP contribution in [0.15, 0.2) is 0 Å². The van der Waals surface area contributed by atoms with Crippen molar-refractivity contribution in [3.63, 3.8) is 0 Å². The van der Waals surface area contributed by atoms with Crippen molar-refractivity contribution in [2.75, 3.05) is 18.6 Å². The topological polar surface area (TPSA) is 49.3 Å². The predicted octanol–water partition coefficient (Wildman–Crippen LogP) is -0.276. The fraction of sp³-hybridized carbons (Fsp3) is 1.00. The summed E-state index contributed by atoms with van der Waals surface area (Å²) in [5, 5.41) is 12.3.